The van der Waals surface area contributed by atoms with Crippen LogP contribution in [0.25, 0.3) is 0 Å². The minimum Gasteiger partial charge on any atom is -0.355 e. The van der Waals surface area contributed by atoms with Crippen LogP contribution in [0.3, 0.4) is 0 Å². The van der Waals surface area contributed by atoms with Crippen LogP contribution in [0.4, 0.5) is 0 Å². The molecule has 1 fully saturated rings. The third-order valence-corrected chi connectivity index (χ3v) is 5.87. The van der Waals surface area contributed by atoms with Gasteiger partial charge in [-0.05, 0) is 42.9 Å². The summed E-state index contributed by atoms with van der Waals surface area (Å²) in [5.41, 5.74) is 4.70. The van der Waals surface area contributed by atoms with Gasteiger partial charge in [-0.1, -0.05) is 67.9 Å². The smallest absolute Gasteiger partial charge is 0.227 e. The van der Waals surface area contributed by atoms with Crippen molar-refractivity contribution in [1.29, 1.82) is 0 Å². The number of benzene rings is 2. The predicted octanol–water partition coefficient (Wildman–Crippen LogP) is 4.46. The van der Waals surface area contributed by atoms with E-state index in [1.807, 2.05) is 11.8 Å². The average Bonchev–Trinajstić information content (AvgIpc) is 3.06. The van der Waals surface area contributed by atoms with Crippen LogP contribution in [-0.4, -0.2) is 29.8 Å². The molecule has 1 aliphatic heterocycles. The topological polar surface area (TPSA) is 49.4 Å². The van der Waals surface area contributed by atoms with Gasteiger partial charge in [-0.2, -0.15) is 0 Å². The van der Waals surface area contributed by atoms with Crippen LogP contribution in [0.1, 0.15) is 55.4 Å². The molecular weight excluding hydrogens is 372 g/mol. The number of likely N-dealkylation sites (tertiary alicyclic amines) is 1. The minimum atomic E-state index is -0.195. The van der Waals surface area contributed by atoms with Crippen molar-refractivity contribution in [3.05, 3.63) is 70.8 Å². The normalized spacial score (nSPS) is 17.4. The third-order valence-electron chi connectivity index (χ3n) is 5.87. The second kappa shape index (κ2) is 9.92. The molecule has 2 atom stereocenters. The molecule has 1 heterocycles. The third kappa shape index (κ3) is 5.94. The number of hydrogen-bond donors (Lipinski definition) is 1. The van der Waals surface area contributed by atoms with Gasteiger partial charge in [-0.3, -0.25) is 9.59 Å². The summed E-state index contributed by atoms with van der Waals surface area (Å²) in [4.78, 5) is 26.9. The molecule has 4 nitrogen and oxygen atoms in total. The van der Waals surface area contributed by atoms with Gasteiger partial charge in [0.25, 0.3) is 0 Å². The number of nitrogens with zero attached hydrogens (tertiary/aromatic N) is 1. The highest BCUT2D eigenvalue weighted by Crippen LogP contribution is 2.21. The van der Waals surface area contributed by atoms with Crippen molar-refractivity contribution in [1.82, 2.24) is 10.2 Å². The lowest BCUT2D eigenvalue weighted by Crippen LogP contribution is -2.33. The molecular formula is C26H34N2O2. The molecule has 1 N–H and O–H groups in total. The Balaban J connectivity index is 1.48. The van der Waals surface area contributed by atoms with E-state index in [1.165, 1.54) is 11.1 Å². The number of aryl methyl sites for hydroxylation is 1. The Kier molecular flexibility index (Phi) is 7.30. The van der Waals surface area contributed by atoms with Crippen molar-refractivity contribution in [2.75, 3.05) is 13.1 Å². The molecule has 160 valence electrons. The minimum absolute atomic E-state index is 0.0241. The van der Waals surface area contributed by atoms with Gasteiger partial charge in [-0.25, -0.2) is 0 Å². The summed E-state index contributed by atoms with van der Waals surface area (Å²) in [5.74, 6) is 0.794. The van der Waals surface area contributed by atoms with E-state index >= 15 is 0 Å². The lowest BCUT2D eigenvalue weighted by atomic mass is 9.96. The molecule has 0 aromatic heterocycles. The number of nitrogens with one attached hydrogen (secondary N) is 1. The van der Waals surface area contributed by atoms with Crippen LogP contribution in [0.5, 0.6) is 0 Å². The molecule has 0 radical (unpaired) electrons. The van der Waals surface area contributed by atoms with Crippen LogP contribution < -0.4 is 5.32 Å². The first-order valence-electron chi connectivity index (χ1n) is 11.0. The summed E-state index contributed by atoms with van der Waals surface area (Å²) in [6.45, 7) is 10.3. The molecule has 0 spiro atoms. The first kappa shape index (κ1) is 22.1. The first-order chi connectivity index (χ1) is 14.3. The number of amides is 2. The molecule has 3 rings (SSSR count). The van der Waals surface area contributed by atoms with E-state index in [-0.39, 0.29) is 23.7 Å². The summed E-state index contributed by atoms with van der Waals surface area (Å²) in [6.07, 6.45) is 1.56. The lowest BCUT2D eigenvalue weighted by molar-refractivity contribution is -0.128. The number of hydrogen-bond acceptors (Lipinski definition) is 2. The van der Waals surface area contributed by atoms with Gasteiger partial charge in [0.15, 0.2) is 0 Å². The second-order valence-corrected chi connectivity index (χ2v) is 9.14. The van der Waals surface area contributed by atoms with Crippen molar-refractivity contribution in [2.24, 2.45) is 11.8 Å². The van der Waals surface area contributed by atoms with E-state index in [2.05, 4.69) is 74.6 Å². The Morgan fingerprint density at radius 1 is 1.03 bits per heavy atom. The van der Waals surface area contributed by atoms with Gasteiger partial charge < -0.3 is 10.2 Å². The first-order valence-corrected chi connectivity index (χ1v) is 11.0. The molecule has 4 heteroatoms. The zero-order chi connectivity index (χ0) is 21.7. The van der Waals surface area contributed by atoms with Gasteiger partial charge in [-0.15, -0.1) is 0 Å². The Labute approximate surface area is 180 Å². The van der Waals surface area contributed by atoms with E-state index in [0.29, 0.717) is 32.0 Å². The summed E-state index contributed by atoms with van der Waals surface area (Å²) < 4.78 is 0. The van der Waals surface area contributed by atoms with Crippen LogP contribution in [0.2, 0.25) is 0 Å². The highest BCUT2D eigenvalue weighted by Gasteiger charge is 2.30. The van der Waals surface area contributed by atoms with Crippen molar-refractivity contribution < 1.29 is 9.59 Å². The average molecular weight is 407 g/mol. The molecule has 2 aromatic carbocycles. The maximum Gasteiger partial charge on any atom is 0.227 e. The van der Waals surface area contributed by atoms with E-state index in [0.717, 1.165) is 17.5 Å². The van der Waals surface area contributed by atoms with Crippen LogP contribution >= 0.6 is 0 Å². The fourth-order valence-electron chi connectivity index (χ4n) is 4.02. The SMILES string of the molecule is Cc1ccc(CN2CC(CNC(=O)C(C)c3ccc(CC(C)C)cc3)CC2=O)cc1. The Bertz CT molecular complexity index is 856. The fourth-order valence-corrected chi connectivity index (χ4v) is 4.02. The van der Waals surface area contributed by atoms with Gasteiger partial charge in [0.1, 0.15) is 0 Å². The maximum atomic E-state index is 12.6. The van der Waals surface area contributed by atoms with Crippen LogP contribution in [0.15, 0.2) is 48.5 Å². The summed E-state index contributed by atoms with van der Waals surface area (Å²) in [5, 5.41) is 3.06. The van der Waals surface area contributed by atoms with Gasteiger partial charge in [0.05, 0.1) is 5.92 Å². The van der Waals surface area contributed by atoms with E-state index in [1.54, 1.807) is 0 Å². The molecule has 1 aliphatic rings. The largest absolute Gasteiger partial charge is 0.355 e. The van der Waals surface area contributed by atoms with Crippen LogP contribution in [0, 0.1) is 18.8 Å². The predicted molar refractivity (Wildman–Crippen MR) is 121 cm³/mol. The number of carbonyl (C=O) groups excluding carboxylic acids is 2. The molecule has 30 heavy (non-hydrogen) atoms. The highest BCUT2D eigenvalue weighted by molar-refractivity contribution is 5.83. The molecule has 0 saturated carbocycles. The van der Waals surface area contributed by atoms with Gasteiger partial charge >= 0.3 is 0 Å². The summed E-state index contributed by atoms with van der Waals surface area (Å²) >= 11 is 0. The molecule has 0 bridgehead atoms. The van der Waals surface area contributed by atoms with Crippen molar-refractivity contribution in [2.45, 2.75) is 53.0 Å². The Morgan fingerprint density at radius 3 is 2.30 bits per heavy atom. The standard InChI is InChI=1S/C26H34N2O2/c1-18(2)13-21-9-11-24(12-10-21)20(4)26(30)27-15-23-14-25(29)28(17-23)16-22-7-5-19(3)6-8-22/h5-12,18,20,23H,13-17H2,1-4H3,(H,27,30). The van der Waals surface area contributed by atoms with E-state index in [9.17, 15) is 9.59 Å². The summed E-state index contributed by atoms with van der Waals surface area (Å²) in [7, 11) is 0. The quantitative estimate of drug-likeness (QED) is 0.704. The zero-order valence-corrected chi connectivity index (χ0v) is 18.7. The maximum absolute atomic E-state index is 12.6. The molecule has 2 unspecified atom stereocenters. The zero-order valence-electron chi connectivity index (χ0n) is 18.7. The molecule has 0 aliphatic carbocycles. The van der Waals surface area contributed by atoms with E-state index in [4.69, 9.17) is 0 Å². The highest BCUT2D eigenvalue weighted by atomic mass is 16.2. The number of carbonyl (C=O) groups is 2. The second-order valence-electron chi connectivity index (χ2n) is 9.14. The van der Waals surface area contributed by atoms with Crippen molar-refractivity contribution in [3.63, 3.8) is 0 Å². The van der Waals surface area contributed by atoms with Gasteiger partial charge in [0, 0.05) is 32.0 Å². The molecule has 2 amide bonds. The van der Waals surface area contributed by atoms with E-state index < -0.39 is 0 Å². The van der Waals surface area contributed by atoms with Crippen molar-refractivity contribution >= 4 is 11.8 Å². The lowest BCUT2D eigenvalue weighted by Gasteiger charge is -2.18. The Hall–Kier alpha value is -2.62. The Morgan fingerprint density at radius 2 is 1.67 bits per heavy atom. The molecule has 2 aromatic rings. The monoisotopic (exact) mass is 406 g/mol. The fraction of sp³-hybridized carbons (Fsp3) is 0.462. The van der Waals surface area contributed by atoms with Crippen molar-refractivity contribution in [3.8, 4) is 0 Å². The molecule has 1 saturated heterocycles. The number of rotatable bonds is 8. The van der Waals surface area contributed by atoms with Crippen LogP contribution in [-0.2, 0) is 22.6 Å². The van der Waals surface area contributed by atoms with Gasteiger partial charge in [0.2, 0.25) is 11.8 Å². The summed E-state index contributed by atoms with van der Waals surface area (Å²) in [6, 6.07) is 16.7.